The van der Waals surface area contributed by atoms with E-state index >= 15 is 0 Å². The number of hydrogen-bond acceptors (Lipinski definition) is 3. The van der Waals surface area contributed by atoms with Gasteiger partial charge >= 0.3 is 0 Å². The molecular formula is C24H37N3O. The Morgan fingerprint density at radius 2 is 1.79 bits per heavy atom. The summed E-state index contributed by atoms with van der Waals surface area (Å²) in [5, 5.41) is 12.2. The lowest BCUT2D eigenvalue weighted by atomic mass is 9.97. The van der Waals surface area contributed by atoms with Gasteiger partial charge in [0.15, 0.2) is 0 Å². The van der Waals surface area contributed by atoms with Gasteiger partial charge in [0.1, 0.15) is 6.23 Å². The molecule has 0 spiro atoms. The zero-order valence-electron chi connectivity index (χ0n) is 18.2. The molecule has 4 nitrogen and oxygen atoms in total. The van der Waals surface area contributed by atoms with Gasteiger partial charge in [-0.2, -0.15) is 0 Å². The standard InChI is InChI=1S/C24H37N3O/c1-17-7-13-27(14-8-17)23(28)6-5-19-15-18(2)16-21-20-9-11-25(3)12-10-22(20)26(4)24(19)21/h15-17,23,28H,5-14H2,1-4H3. The van der Waals surface area contributed by atoms with Crippen LogP contribution in [0.3, 0.4) is 0 Å². The van der Waals surface area contributed by atoms with E-state index in [0.29, 0.717) is 0 Å². The van der Waals surface area contributed by atoms with Gasteiger partial charge in [-0.3, -0.25) is 4.90 Å². The molecule has 1 fully saturated rings. The van der Waals surface area contributed by atoms with E-state index in [2.05, 4.69) is 54.4 Å². The van der Waals surface area contributed by atoms with E-state index in [0.717, 1.165) is 57.8 Å². The molecule has 0 bridgehead atoms. The van der Waals surface area contributed by atoms with Gasteiger partial charge in [-0.25, -0.2) is 0 Å². The molecule has 0 radical (unpaired) electrons. The third-order valence-electron chi connectivity index (χ3n) is 7.13. The molecule has 1 atom stereocenters. The number of aliphatic hydroxyl groups excluding tert-OH is 1. The second-order valence-corrected chi connectivity index (χ2v) is 9.35. The minimum absolute atomic E-state index is 0.310. The van der Waals surface area contributed by atoms with Gasteiger partial charge in [-0.05, 0) is 69.2 Å². The fourth-order valence-corrected chi connectivity index (χ4v) is 5.27. The molecule has 2 aliphatic rings. The largest absolute Gasteiger partial charge is 0.378 e. The highest BCUT2D eigenvalue weighted by molar-refractivity contribution is 5.89. The van der Waals surface area contributed by atoms with Crippen molar-refractivity contribution in [3.8, 4) is 0 Å². The van der Waals surface area contributed by atoms with Crippen LogP contribution >= 0.6 is 0 Å². The quantitative estimate of drug-likeness (QED) is 0.877. The van der Waals surface area contributed by atoms with Crippen LogP contribution in [-0.2, 0) is 26.3 Å². The molecule has 0 aliphatic carbocycles. The number of benzene rings is 1. The van der Waals surface area contributed by atoms with Gasteiger partial charge in [-0.15, -0.1) is 0 Å². The Kier molecular flexibility index (Phi) is 5.82. The van der Waals surface area contributed by atoms with Gasteiger partial charge in [0, 0.05) is 50.7 Å². The van der Waals surface area contributed by atoms with Crippen LogP contribution in [0, 0.1) is 12.8 Å². The average Bonchev–Trinajstić information content (AvgIpc) is 2.80. The fraction of sp³-hybridized carbons (Fsp3) is 0.667. The summed E-state index contributed by atoms with van der Waals surface area (Å²) < 4.78 is 2.45. The zero-order chi connectivity index (χ0) is 19.8. The van der Waals surface area contributed by atoms with Crippen molar-refractivity contribution in [3.05, 3.63) is 34.5 Å². The molecule has 1 saturated heterocycles. The van der Waals surface area contributed by atoms with Gasteiger partial charge in [0.25, 0.3) is 0 Å². The van der Waals surface area contributed by atoms with E-state index < -0.39 is 0 Å². The van der Waals surface area contributed by atoms with E-state index in [1.807, 2.05) is 0 Å². The summed E-state index contributed by atoms with van der Waals surface area (Å²) in [7, 11) is 4.47. The second kappa shape index (κ2) is 8.17. The number of piperidine rings is 1. The number of nitrogens with zero attached hydrogens (tertiary/aromatic N) is 3. The number of likely N-dealkylation sites (N-methyl/N-ethyl adjacent to an activating group) is 1. The Bertz CT molecular complexity index is 832. The molecule has 1 aromatic heterocycles. The smallest absolute Gasteiger partial charge is 0.107 e. The lowest BCUT2D eigenvalue weighted by Gasteiger charge is -2.34. The van der Waals surface area contributed by atoms with Crippen molar-refractivity contribution in [2.75, 3.05) is 33.2 Å². The maximum Gasteiger partial charge on any atom is 0.107 e. The fourth-order valence-electron chi connectivity index (χ4n) is 5.27. The summed E-state index contributed by atoms with van der Waals surface area (Å²) in [5.41, 5.74) is 7.21. The molecule has 154 valence electrons. The number of aryl methyl sites for hydroxylation is 3. The van der Waals surface area contributed by atoms with Crippen LogP contribution in [0.2, 0.25) is 0 Å². The van der Waals surface area contributed by atoms with Crippen LogP contribution in [0.25, 0.3) is 10.9 Å². The first-order valence-electron chi connectivity index (χ1n) is 11.1. The van der Waals surface area contributed by atoms with Crippen molar-refractivity contribution in [1.82, 2.24) is 14.4 Å². The molecule has 1 N–H and O–H groups in total. The number of fused-ring (bicyclic) bond motifs is 3. The lowest BCUT2D eigenvalue weighted by Crippen LogP contribution is -2.41. The van der Waals surface area contributed by atoms with Crippen molar-refractivity contribution in [2.45, 2.75) is 58.6 Å². The summed E-state index contributed by atoms with van der Waals surface area (Å²) in [5.74, 6) is 0.803. The predicted octanol–water partition coefficient (Wildman–Crippen LogP) is 3.50. The van der Waals surface area contributed by atoms with Crippen LogP contribution in [-0.4, -0.2) is 58.9 Å². The van der Waals surface area contributed by atoms with Gasteiger partial charge in [0.05, 0.1) is 5.52 Å². The zero-order valence-corrected chi connectivity index (χ0v) is 18.2. The molecule has 2 aliphatic heterocycles. The first-order valence-corrected chi connectivity index (χ1v) is 11.1. The molecule has 0 amide bonds. The second-order valence-electron chi connectivity index (χ2n) is 9.35. The molecule has 4 rings (SSSR count). The Hall–Kier alpha value is -1.36. The molecule has 1 aromatic carbocycles. The van der Waals surface area contributed by atoms with Crippen LogP contribution in [0.15, 0.2) is 12.1 Å². The van der Waals surface area contributed by atoms with Crippen LogP contribution in [0.4, 0.5) is 0 Å². The SMILES string of the molecule is Cc1cc(CCC(O)N2CCC(C)CC2)c2c(c1)c1c(n2C)CCN(C)CC1. The minimum Gasteiger partial charge on any atom is -0.378 e. The highest BCUT2D eigenvalue weighted by atomic mass is 16.3. The van der Waals surface area contributed by atoms with Crippen molar-refractivity contribution in [1.29, 1.82) is 0 Å². The lowest BCUT2D eigenvalue weighted by molar-refractivity contribution is -0.0201. The van der Waals surface area contributed by atoms with E-state index in [-0.39, 0.29) is 6.23 Å². The molecule has 4 heteroatoms. The van der Waals surface area contributed by atoms with Crippen molar-refractivity contribution < 1.29 is 5.11 Å². The van der Waals surface area contributed by atoms with Crippen molar-refractivity contribution in [2.24, 2.45) is 13.0 Å². The number of aromatic nitrogens is 1. The molecule has 0 saturated carbocycles. The Morgan fingerprint density at radius 1 is 1.07 bits per heavy atom. The molecule has 28 heavy (non-hydrogen) atoms. The topological polar surface area (TPSA) is 31.6 Å². The minimum atomic E-state index is -0.310. The van der Waals surface area contributed by atoms with Gasteiger partial charge in [-0.1, -0.05) is 18.6 Å². The van der Waals surface area contributed by atoms with Crippen LogP contribution < -0.4 is 0 Å². The monoisotopic (exact) mass is 383 g/mol. The van der Waals surface area contributed by atoms with Crippen LogP contribution in [0.5, 0.6) is 0 Å². The molecule has 2 aromatic rings. The Morgan fingerprint density at radius 3 is 2.54 bits per heavy atom. The molecule has 1 unspecified atom stereocenters. The first-order chi connectivity index (χ1) is 13.4. The molecule has 3 heterocycles. The van der Waals surface area contributed by atoms with E-state index in [9.17, 15) is 5.11 Å². The summed E-state index contributed by atoms with van der Waals surface area (Å²) in [6.45, 7) is 8.89. The highest BCUT2D eigenvalue weighted by Gasteiger charge is 2.24. The molecular weight excluding hydrogens is 346 g/mol. The number of rotatable bonds is 4. The number of hydrogen-bond donors (Lipinski definition) is 1. The first kappa shape index (κ1) is 19.9. The third-order valence-corrected chi connectivity index (χ3v) is 7.13. The van der Waals surface area contributed by atoms with Gasteiger partial charge < -0.3 is 14.6 Å². The van der Waals surface area contributed by atoms with Crippen molar-refractivity contribution in [3.63, 3.8) is 0 Å². The van der Waals surface area contributed by atoms with E-state index in [4.69, 9.17) is 0 Å². The number of aliphatic hydroxyl groups is 1. The normalized spacial score (nSPS) is 21.0. The average molecular weight is 384 g/mol. The van der Waals surface area contributed by atoms with Crippen LogP contribution in [0.1, 0.15) is 48.6 Å². The highest BCUT2D eigenvalue weighted by Crippen LogP contribution is 2.32. The Labute approximate surface area is 170 Å². The summed E-state index contributed by atoms with van der Waals surface area (Å²) in [6, 6.07) is 4.73. The predicted molar refractivity (Wildman–Crippen MR) is 117 cm³/mol. The number of likely N-dealkylation sites (tertiary alicyclic amines) is 1. The van der Waals surface area contributed by atoms with E-state index in [1.54, 1.807) is 5.56 Å². The van der Waals surface area contributed by atoms with Gasteiger partial charge in [0.2, 0.25) is 0 Å². The summed E-state index contributed by atoms with van der Waals surface area (Å²) >= 11 is 0. The summed E-state index contributed by atoms with van der Waals surface area (Å²) in [4.78, 5) is 4.72. The summed E-state index contributed by atoms with van der Waals surface area (Å²) in [6.07, 6.45) is 6.16. The maximum atomic E-state index is 10.8. The Balaban J connectivity index is 1.58. The van der Waals surface area contributed by atoms with Crippen molar-refractivity contribution >= 4 is 10.9 Å². The maximum absolute atomic E-state index is 10.8. The third kappa shape index (κ3) is 3.87. The van der Waals surface area contributed by atoms with E-state index in [1.165, 1.54) is 40.6 Å².